The third-order valence-corrected chi connectivity index (χ3v) is 5.83. The Bertz CT molecular complexity index is 1200. The van der Waals surface area contributed by atoms with Gasteiger partial charge >= 0.3 is 12.1 Å². The Balaban J connectivity index is 1.28. The summed E-state index contributed by atoms with van der Waals surface area (Å²) >= 11 is 0. The van der Waals surface area contributed by atoms with Crippen molar-refractivity contribution in [1.29, 1.82) is 0 Å². The average molecular weight is 476 g/mol. The highest BCUT2D eigenvalue weighted by Crippen LogP contribution is 2.44. The number of aromatic nitrogens is 1. The van der Waals surface area contributed by atoms with Crippen LogP contribution in [-0.4, -0.2) is 54.4 Å². The molecular formula is C26H25N3O6. The van der Waals surface area contributed by atoms with Crippen molar-refractivity contribution in [1.82, 2.24) is 10.3 Å². The Kier molecular flexibility index (Phi) is 7.37. The Labute approximate surface area is 202 Å². The van der Waals surface area contributed by atoms with E-state index in [9.17, 15) is 14.4 Å². The molecule has 1 aromatic heterocycles. The molecule has 1 unspecified atom stereocenters. The SMILES string of the molecule is COC(CNC(=O)OCC1c2ccccc2-c2ccccc21)CC(=O)Nc1cncc(C(=O)O)c1. The van der Waals surface area contributed by atoms with Crippen LogP contribution in [0.1, 0.15) is 33.8 Å². The smallest absolute Gasteiger partial charge is 0.407 e. The fourth-order valence-corrected chi connectivity index (χ4v) is 4.13. The number of ether oxygens (including phenoxy) is 2. The second kappa shape index (κ2) is 10.8. The van der Waals surface area contributed by atoms with Crippen molar-refractivity contribution in [3.8, 4) is 11.1 Å². The summed E-state index contributed by atoms with van der Waals surface area (Å²) in [4.78, 5) is 39.5. The van der Waals surface area contributed by atoms with Gasteiger partial charge in [0.1, 0.15) is 6.61 Å². The van der Waals surface area contributed by atoms with Gasteiger partial charge in [-0.1, -0.05) is 48.5 Å². The zero-order chi connectivity index (χ0) is 24.8. The van der Waals surface area contributed by atoms with Gasteiger partial charge in [0, 0.05) is 25.8 Å². The molecule has 3 aromatic rings. The van der Waals surface area contributed by atoms with Crippen LogP contribution in [0.5, 0.6) is 0 Å². The first-order chi connectivity index (χ1) is 17.0. The maximum atomic E-state index is 12.4. The second-order valence-electron chi connectivity index (χ2n) is 8.08. The minimum absolute atomic E-state index is 0.0389. The van der Waals surface area contributed by atoms with E-state index in [4.69, 9.17) is 14.6 Å². The molecule has 2 amide bonds. The van der Waals surface area contributed by atoms with Crippen LogP contribution in [0.25, 0.3) is 11.1 Å². The Hall–Kier alpha value is -4.24. The van der Waals surface area contributed by atoms with Crippen molar-refractivity contribution in [3.63, 3.8) is 0 Å². The molecule has 180 valence electrons. The van der Waals surface area contributed by atoms with Gasteiger partial charge in [-0.05, 0) is 28.3 Å². The number of benzene rings is 2. The van der Waals surface area contributed by atoms with Crippen molar-refractivity contribution in [2.24, 2.45) is 0 Å². The molecule has 2 aromatic carbocycles. The van der Waals surface area contributed by atoms with Crippen LogP contribution in [0.15, 0.2) is 67.0 Å². The van der Waals surface area contributed by atoms with E-state index in [1.165, 1.54) is 25.6 Å². The number of anilines is 1. The molecule has 1 aliphatic carbocycles. The first kappa shape index (κ1) is 23.9. The lowest BCUT2D eigenvalue weighted by Gasteiger charge is -2.17. The standard InChI is InChI=1S/C26H25N3O6/c1-34-18(11-24(30)29-17-10-16(25(31)32)12-27-13-17)14-28-26(33)35-15-23-21-8-4-2-6-19(21)20-7-3-5-9-22(20)23/h2-10,12-13,18,23H,11,14-15H2,1H3,(H,28,33)(H,29,30)(H,31,32). The number of hydrogen-bond acceptors (Lipinski definition) is 6. The number of nitrogens with zero attached hydrogens (tertiary/aromatic N) is 1. The summed E-state index contributed by atoms with van der Waals surface area (Å²) < 4.78 is 10.8. The molecule has 0 saturated carbocycles. The van der Waals surface area contributed by atoms with Gasteiger partial charge in [-0.15, -0.1) is 0 Å². The fraction of sp³-hybridized carbons (Fsp3) is 0.231. The van der Waals surface area contributed by atoms with Crippen LogP contribution in [0.3, 0.4) is 0 Å². The van der Waals surface area contributed by atoms with Crippen LogP contribution in [0, 0.1) is 0 Å². The molecular weight excluding hydrogens is 450 g/mol. The summed E-state index contributed by atoms with van der Waals surface area (Å²) in [5.74, 6) is -1.60. The van der Waals surface area contributed by atoms with Crippen LogP contribution in [0.4, 0.5) is 10.5 Å². The first-order valence-corrected chi connectivity index (χ1v) is 11.1. The molecule has 9 nitrogen and oxygen atoms in total. The summed E-state index contributed by atoms with van der Waals surface area (Å²) in [6.45, 7) is 0.249. The topological polar surface area (TPSA) is 127 Å². The molecule has 3 N–H and O–H groups in total. The van der Waals surface area contributed by atoms with Gasteiger partial charge in [-0.2, -0.15) is 0 Å². The summed E-state index contributed by atoms with van der Waals surface area (Å²) in [5, 5.41) is 14.3. The van der Waals surface area contributed by atoms with Crippen molar-refractivity contribution in [2.75, 3.05) is 25.6 Å². The number of carbonyl (C=O) groups is 3. The monoisotopic (exact) mass is 475 g/mol. The largest absolute Gasteiger partial charge is 0.478 e. The highest BCUT2D eigenvalue weighted by molar-refractivity contribution is 5.93. The second-order valence-corrected chi connectivity index (χ2v) is 8.08. The van der Waals surface area contributed by atoms with Crippen molar-refractivity contribution in [3.05, 3.63) is 83.7 Å². The summed E-state index contributed by atoms with van der Waals surface area (Å²) in [5.41, 5.74) is 4.75. The predicted molar refractivity (Wildman–Crippen MR) is 128 cm³/mol. The summed E-state index contributed by atoms with van der Waals surface area (Å²) in [6.07, 6.45) is 1.27. The van der Waals surface area contributed by atoms with Crippen LogP contribution in [0.2, 0.25) is 0 Å². The van der Waals surface area contributed by atoms with Gasteiger partial charge in [-0.3, -0.25) is 9.78 Å². The van der Waals surface area contributed by atoms with Gasteiger partial charge in [0.05, 0.1) is 30.0 Å². The molecule has 0 saturated heterocycles. The number of fused-ring (bicyclic) bond motifs is 3. The zero-order valence-corrected chi connectivity index (χ0v) is 19.1. The predicted octanol–water partition coefficient (Wildman–Crippen LogP) is 3.66. The molecule has 0 aliphatic heterocycles. The molecule has 0 radical (unpaired) electrons. The third-order valence-electron chi connectivity index (χ3n) is 5.83. The van der Waals surface area contributed by atoms with E-state index in [0.29, 0.717) is 0 Å². The third kappa shape index (κ3) is 5.64. The minimum atomic E-state index is -1.14. The number of methoxy groups -OCH3 is 1. The van der Waals surface area contributed by atoms with Gasteiger partial charge in [0.2, 0.25) is 5.91 Å². The lowest BCUT2D eigenvalue weighted by atomic mass is 9.98. The number of carboxylic acids is 1. The molecule has 4 rings (SSSR count). The van der Waals surface area contributed by atoms with Gasteiger partial charge in [-0.25, -0.2) is 9.59 Å². The average Bonchev–Trinajstić information content (AvgIpc) is 3.19. The molecule has 0 spiro atoms. The van der Waals surface area contributed by atoms with E-state index >= 15 is 0 Å². The highest BCUT2D eigenvalue weighted by Gasteiger charge is 2.29. The Morgan fingerprint density at radius 3 is 2.31 bits per heavy atom. The normalized spacial score (nSPS) is 12.8. The lowest BCUT2D eigenvalue weighted by Crippen LogP contribution is -2.36. The highest BCUT2D eigenvalue weighted by atomic mass is 16.5. The quantitative estimate of drug-likeness (QED) is 0.431. The number of amides is 2. The Morgan fingerprint density at radius 2 is 1.69 bits per heavy atom. The van der Waals surface area contributed by atoms with E-state index in [0.717, 1.165) is 22.3 Å². The zero-order valence-electron chi connectivity index (χ0n) is 19.1. The van der Waals surface area contributed by atoms with Crippen LogP contribution >= 0.6 is 0 Å². The van der Waals surface area contributed by atoms with E-state index < -0.39 is 24.1 Å². The molecule has 0 bridgehead atoms. The van der Waals surface area contributed by atoms with Gasteiger partial charge in [0.25, 0.3) is 0 Å². The fourth-order valence-electron chi connectivity index (χ4n) is 4.13. The molecule has 9 heteroatoms. The number of rotatable bonds is 9. The summed E-state index contributed by atoms with van der Waals surface area (Å²) in [6, 6.07) is 17.5. The molecule has 1 aliphatic rings. The molecule has 1 atom stereocenters. The van der Waals surface area contributed by atoms with E-state index in [-0.39, 0.29) is 36.7 Å². The van der Waals surface area contributed by atoms with Gasteiger partial charge in [0.15, 0.2) is 0 Å². The maximum absolute atomic E-state index is 12.4. The number of carbonyl (C=O) groups excluding carboxylic acids is 2. The van der Waals surface area contributed by atoms with Gasteiger partial charge < -0.3 is 25.2 Å². The number of nitrogens with one attached hydrogen (secondary N) is 2. The number of carboxylic acid groups (broad SMARTS) is 1. The van der Waals surface area contributed by atoms with Crippen LogP contribution in [-0.2, 0) is 14.3 Å². The minimum Gasteiger partial charge on any atom is -0.478 e. The van der Waals surface area contributed by atoms with E-state index in [2.05, 4.69) is 27.8 Å². The maximum Gasteiger partial charge on any atom is 0.407 e. The van der Waals surface area contributed by atoms with Crippen LogP contribution < -0.4 is 10.6 Å². The number of hydrogen-bond donors (Lipinski definition) is 3. The van der Waals surface area contributed by atoms with Crippen molar-refractivity contribution >= 4 is 23.7 Å². The van der Waals surface area contributed by atoms with E-state index in [1.54, 1.807) is 0 Å². The Morgan fingerprint density at radius 1 is 1.03 bits per heavy atom. The number of pyridine rings is 1. The number of aromatic carboxylic acids is 1. The van der Waals surface area contributed by atoms with Crippen molar-refractivity contribution in [2.45, 2.75) is 18.4 Å². The summed E-state index contributed by atoms with van der Waals surface area (Å²) in [7, 11) is 1.43. The molecule has 0 fully saturated rings. The molecule has 1 heterocycles. The van der Waals surface area contributed by atoms with E-state index in [1.807, 2.05) is 36.4 Å². The first-order valence-electron chi connectivity index (χ1n) is 11.1. The lowest BCUT2D eigenvalue weighted by molar-refractivity contribution is -0.118. The van der Waals surface area contributed by atoms with Crippen molar-refractivity contribution < 1.29 is 29.0 Å². The number of alkyl carbamates (subject to hydrolysis) is 1. The molecule has 35 heavy (non-hydrogen) atoms.